The van der Waals surface area contributed by atoms with Gasteiger partial charge in [0.05, 0.1) is 13.2 Å². The average molecular weight is 541 g/mol. The first-order valence-electron chi connectivity index (χ1n) is 14.9. The van der Waals surface area contributed by atoms with E-state index in [1.165, 1.54) is 27.8 Å². The van der Waals surface area contributed by atoms with E-state index in [2.05, 4.69) is 70.5 Å². The van der Waals surface area contributed by atoms with Gasteiger partial charge in [-0.3, -0.25) is 9.69 Å². The number of likely N-dealkylation sites (tertiary alicyclic amines) is 1. The predicted molar refractivity (Wildman–Crippen MR) is 156 cm³/mol. The largest absolute Gasteiger partial charge is 0.454 e. The van der Waals surface area contributed by atoms with E-state index < -0.39 is 0 Å². The van der Waals surface area contributed by atoms with Gasteiger partial charge in [0.15, 0.2) is 11.5 Å². The molecule has 3 aromatic carbocycles. The first-order chi connectivity index (χ1) is 19.7. The van der Waals surface area contributed by atoms with Gasteiger partial charge in [-0.05, 0) is 78.0 Å². The van der Waals surface area contributed by atoms with E-state index in [0.29, 0.717) is 19.1 Å². The molecule has 1 amide bonds. The highest BCUT2D eigenvalue weighted by Crippen LogP contribution is 2.34. The van der Waals surface area contributed by atoms with E-state index >= 15 is 0 Å². The molecule has 0 radical (unpaired) electrons. The second-order valence-corrected chi connectivity index (χ2v) is 11.3. The summed E-state index contributed by atoms with van der Waals surface area (Å²) in [5, 5.41) is 0. The molecular weight excluding hydrogens is 500 g/mol. The molecule has 6 nitrogen and oxygen atoms in total. The summed E-state index contributed by atoms with van der Waals surface area (Å²) in [7, 11) is 0. The van der Waals surface area contributed by atoms with Crippen LogP contribution in [0.1, 0.15) is 42.4 Å². The van der Waals surface area contributed by atoms with Crippen LogP contribution in [0.4, 0.5) is 0 Å². The van der Waals surface area contributed by atoms with Gasteiger partial charge in [0.25, 0.3) is 0 Å². The zero-order valence-electron chi connectivity index (χ0n) is 23.4. The van der Waals surface area contributed by atoms with Gasteiger partial charge >= 0.3 is 0 Å². The van der Waals surface area contributed by atoms with Gasteiger partial charge in [0.1, 0.15) is 0 Å². The molecule has 3 aliphatic rings. The lowest BCUT2D eigenvalue weighted by molar-refractivity contribution is -0.132. The Morgan fingerprint density at radius 1 is 0.775 bits per heavy atom. The van der Waals surface area contributed by atoms with Gasteiger partial charge in [-0.2, -0.15) is 0 Å². The summed E-state index contributed by atoms with van der Waals surface area (Å²) in [5.74, 6) is 2.65. The Labute approximate surface area is 237 Å². The van der Waals surface area contributed by atoms with Crippen LogP contribution in [0.25, 0.3) is 11.1 Å². The van der Waals surface area contributed by atoms with Crippen molar-refractivity contribution in [1.82, 2.24) is 9.80 Å². The molecule has 6 heteroatoms. The Bertz CT molecular complexity index is 1290. The number of hydrogen-bond acceptors (Lipinski definition) is 5. The van der Waals surface area contributed by atoms with Gasteiger partial charge in [-0.25, -0.2) is 0 Å². The van der Waals surface area contributed by atoms with Crippen molar-refractivity contribution in [1.29, 1.82) is 0 Å². The van der Waals surface area contributed by atoms with Crippen LogP contribution < -0.4 is 9.47 Å². The molecule has 0 aromatic heterocycles. The summed E-state index contributed by atoms with van der Waals surface area (Å²) in [6, 6.07) is 23.6. The maximum atomic E-state index is 13.2. The number of hydrogen-bond donors (Lipinski definition) is 0. The lowest BCUT2D eigenvalue weighted by Crippen LogP contribution is -2.38. The summed E-state index contributed by atoms with van der Waals surface area (Å²) in [5.41, 5.74) is 6.42. The average Bonchev–Trinajstić information content (AvgIpc) is 3.48. The molecule has 3 aliphatic heterocycles. The molecule has 0 atom stereocenters. The molecule has 0 spiro atoms. The van der Waals surface area contributed by atoms with E-state index in [9.17, 15) is 4.79 Å². The molecule has 3 heterocycles. The minimum atomic E-state index is 0.283. The molecule has 0 saturated carbocycles. The maximum absolute atomic E-state index is 13.2. The van der Waals surface area contributed by atoms with Crippen LogP contribution in [0, 0.1) is 5.92 Å². The van der Waals surface area contributed by atoms with E-state index in [1.807, 2.05) is 6.07 Å². The highest BCUT2D eigenvalue weighted by molar-refractivity contribution is 5.77. The number of rotatable bonds is 9. The quantitative estimate of drug-likeness (QED) is 0.348. The van der Waals surface area contributed by atoms with Crippen molar-refractivity contribution in [2.75, 3.05) is 46.2 Å². The molecule has 210 valence electrons. The van der Waals surface area contributed by atoms with E-state index in [-0.39, 0.29) is 5.91 Å². The normalized spacial score (nSPS) is 17.8. The first kappa shape index (κ1) is 26.9. The zero-order chi connectivity index (χ0) is 27.1. The van der Waals surface area contributed by atoms with Crippen molar-refractivity contribution in [3.63, 3.8) is 0 Å². The Balaban J connectivity index is 1.01. The molecule has 40 heavy (non-hydrogen) atoms. The monoisotopic (exact) mass is 540 g/mol. The minimum Gasteiger partial charge on any atom is -0.454 e. The zero-order valence-corrected chi connectivity index (χ0v) is 23.4. The smallest absolute Gasteiger partial charge is 0.231 e. The Kier molecular flexibility index (Phi) is 8.65. The molecule has 2 saturated heterocycles. The molecule has 6 rings (SSSR count). The Hall–Kier alpha value is -3.35. The Morgan fingerprint density at radius 3 is 2.27 bits per heavy atom. The van der Waals surface area contributed by atoms with Crippen LogP contribution in [-0.2, 0) is 28.9 Å². The molecule has 0 bridgehead atoms. The number of nitrogens with zero attached hydrogens (tertiary/aromatic N) is 2. The van der Waals surface area contributed by atoms with Gasteiger partial charge in [0.2, 0.25) is 12.7 Å². The third kappa shape index (κ3) is 6.51. The van der Waals surface area contributed by atoms with Gasteiger partial charge in [0, 0.05) is 39.1 Å². The number of morpholine rings is 1. The Morgan fingerprint density at radius 2 is 1.48 bits per heavy atom. The highest BCUT2D eigenvalue weighted by Gasteiger charge is 2.23. The van der Waals surface area contributed by atoms with Crippen LogP contribution >= 0.6 is 0 Å². The van der Waals surface area contributed by atoms with Crippen molar-refractivity contribution in [3.05, 3.63) is 83.4 Å². The number of amides is 1. The number of carbonyl (C=O) groups excluding carboxylic acids is 1. The van der Waals surface area contributed by atoms with Crippen LogP contribution in [0.3, 0.4) is 0 Å². The second-order valence-electron chi connectivity index (χ2n) is 11.3. The number of benzene rings is 3. The molecular formula is C34H40N2O4. The van der Waals surface area contributed by atoms with Crippen LogP contribution in [0.2, 0.25) is 0 Å². The lowest BCUT2D eigenvalue weighted by Gasteiger charge is -2.32. The highest BCUT2D eigenvalue weighted by atomic mass is 16.7. The summed E-state index contributed by atoms with van der Waals surface area (Å²) in [6.45, 7) is 6.54. The number of carbonyl (C=O) groups is 1. The SMILES string of the molecule is O=C(CCc1ccccc1-c1ccccc1CN1CCOCC1)N1CCC(CCc2ccc3c(c2)OCO3)CC1. The van der Waals surface area contributed by atoms with Gasteiger partial charge in [-0.15, -0.1) is 0 Å². The summed E-state index contributed by atoms with van der Waals surface area (Å²) in [6.07, 6.45) is 5.69. The van der Waals surface area contributed by atoms with E-state index in [0.717, 1.165) is 89.5 Å². The van der Waals surface area contributed by atoms with Crippen molar-refractivity contribution in [2.45, 2.75) is 45.1 Å². The van der Waals surface area contributed by atoms with E-state index in [4.69, 9.17) is 14.2 Å². The van der Waals surface area contributed by atoms with Gasteiger partial charge < -0.3 is 19.1 Å². The minimum absolute atomic E-state index is 0.283. The topological polar surface area (TPSA) is 51.2 Å². The number of fused-ring (bicyclic) bond motifs is 1. The molecule has 0 N–H and O–H groups in total. The van der Waals surface area contributed by atoms with Crippen molar-refractivity contribution >= 4 is 5.91 Å². The molecule has 3 aromatic rings. The van der Waals surface area contributed by atoms with E-state index in [1.54, 1.807) is 0 Å². The molecule has 2 fully saturated rings. The fraction of sp³-hybridized carbons (Fsp3) is 0.441. The number of ether oxygens (including phenoxy) is 3. The summed E-state index contributed by atoms with van der Waals surface area (Å²) < 4.78 is 16.5. The predicted octanol–water partition coefficient (Wildman–Crippen LogP) is 5.72. The fourth-order valence-electron chi connectivity index (χ4n) is 6.26. The van der Waals surface area contributed by atoms with Crippen molar-refractivity contribution in [3.8, 4) is 22.6 Å². The number of aryl methyl sites for hydroxylation is 2. The van der Waals surface area contributed by atoms with Crippen LogP contribution in [0.15, 0.2) is 66.7 Å². The lowest BCUT2D eigenvalue weighted by atomic mass is 9.90. The van der Waals surface area contributed by atoms with Gasteiger partial charge in [-0.1, -0.05) is 54.6 Å². The standard InChI is InChI=1S/C34H40N2O4/c37-34(36-17-15-26(16-18-36)9-10-27-11-13-32-33(23-27)40-25-39-32)14-12-28-5-1-3-7-30(28)31-8-4-2-6-29(31)24-35-19-21-38-22-20-35/h1-8,11,13,23,26H,9-10,12,14-22,24-25H2. The maximum Gasteiger partial charge on any atom is 0.231 e. The van der Waals surface area contributed by atoms with Crippen molar-refractivity contribution in [2.24, 2.45) is 5.92 Å². The summed E-state index contributed by atoms with van der Waals surface area (Å²) in [4.78, 5) is 17.8. The van der Waals surface area contributed by atoms with Crippen LogP contribution in [0.5, 0.6) is 11.5 Å². The molecule has 0 aliphatic carbocycles. The number of piperidine rings is 1. The third-order valence-corrected chi connectivity index (χ3v) is 8.68. The third-order valence-electron chi connectivity index (χ3n) is 8.68. The van der Waals surface area contributed by atoms with Crippen LogP contribution in [-0.4, -0.2) is 61.9 Å². The second kappa shape index (κ2) is 12.9. The van der Waals surface area contributed by atoms with Crippen molar-refractivity contribution < 1.29 is 19.0 Å². The first-order valence-corrected chi connectivity index (χ1v) is 14.9. The molecule has 0 unspecified atom stereocenters. The fourth-order valence-corrected chi connectivity index (χ4v) is 6.26. The summed E-state index contributed by atoms with van der Waals surface area (Å²) >= 11 is 0.